The Morgan fingerprint density at radius 3 is 2.53 bits per heavy atom. The molecule has 34 heavy (non-hydrogen) atoms. The smallest absolute Gasteiger partial charge is 0.340 e. The van der Waals surface area contributed by atoms with E-state index in [2.05, 4.69) is 4.98 Å². The topological polar surface area (TPSA) is 156 Å². The molecule has 0 radical (unpaired) electrons. The summed E-state index contributed by atoms with van der Waals surface area (Å²) in [6.07, 6.45) is 0. The summed E-state index contributed by atoms with van der Waals surface area (Å²) >= 11 is 0. The van der Waals surface area contributed by atoms with Crippen molar-refractivity contribution < 1.29 is 19.2 Å². The van der Waals surface area contributed by atoms with Crippen LogP contribution >= 0.6 is 0 Å². The average molecular weight is 457 g/mol. The van der Waals surface area contributed by atoms with E-state index < -0.39 is 16.8 Å². The number of aromatic nitrogens is 2. The van der Waals surface area contributed by atoms with Gasteiger partial charge in [-0.3, -0.25) is 10.1 Å². The van der Waals surface area contributed by atoms with E-state index in [0.717, 1.165) is 0 Å². The van der Waals surface area contributed by atoms with Crippen molar-refractivity contribution in [2.75, 3.05) is 12.3 Å². The summed E-state index contributed by atoms with van der Waals surface area (Å²) in [7, 11) is 0. The molecule has 10 heteroatoms. The maximum absolute atomic E-state index is 13.0. The van der Waals surface area contributed by atoms with Gasteiger partial charge >= 0.3 is 5.97 Å². The predicted octanol–water partition coefficient (Wildman–Crippen LogP) is 3.53. The SMILES string of the molecule is CCOC(=O)C1=C(N)Oc2c(N)cc3nc4ccccc4nc3c2C1c1cccc([N+](=O)[O-])c1. The van der Waals surface area contributed by atoms with Gasteiger partial charge in [-0.15, -0.1) is 0 Å². The van der Waals surface area contributed by atoms with Crippen LogP contribution in [0.15, 0.2) is 66.1 Å². The highest BCUT2D eigenvalue weighted by Gasteiger charge is 2.39. The number of nitrogen functional groups attached to an aromatic ring is 1. The lowest BCUT2D eigenvalue weighted by molar-refractivity contribution is -0.384. The van der Waals surface area contributed by atoms with E-state index in [4.69, 9.17) is 25.9 Å². The minimum atomic E-state index is -0.885. The summed E-state index contributed by atoms with van der Waals surface area (Å²) in [6.45, 7) is 1.77. The molecule has 0 amide bonds. The normalized spacial score (nSPS) is 15.1. The number of rotatable bonds is 4. The maximum Gasteiger partial charge on any atom is 0.340 e. The fourth-order valence-electron chi connectivity index (χ4n) is 4.20. The fourth-order valence-corrected chi connectivity index (χ4v) is 4.20. The molecule has 0 spiro atoms. The van der Waals surface area contributed by atoms with Crippen molar-refractivity contribution in [1.82, 2.24) is 9.97 Å². The largest absolute Gasteiger partial charge is 0.462 e. The number of carbonyl (C=O) groups excluding carboxylic acids is 1. The number of fused-ring (bicyclic) bond motifs is 4. The summed E-state index contributed by atoms with van der Waals surface area (Å²) in [5, 5.41) is 11.5. The maximum atomic E-state index is 13.0. The number of carbonyl (C=O) groups is 1. The van der Waals surface area contributed by atoms with Crippen molar-refractivity contribution in [3.63, 3.8) is 0 Å². The van der Waals surface area contributed by atoms with Crippen molar-refractivity contribution in [1.29, 1.82) is 0 Å². The number of esters is 1. The van der Waals surface area contributed by atoms with Crippen molar-refractivity contribution in [3.05, 3.63) is 87.3 Å². The number of ether oxygens (including phenoxy) is 2. The van der Waals surface area contributed by atoms with Crippen LogP contribution in [0.25, 0.3) is 22.1 Å². The first-order chi connectivity index (χ1) is 16.4. The lowest BCUT2D eigenvalue weighted by Gasteiger charge is -2.29. The van der Waals surface area contributed by atoms with Gasteiger partial charge in [0, 0.05) is 17.7 Å². The number of nitro benzene ring substituents is 1. The summed E-state index contributed by atoms with van der Waals surface area (Å²) in [5.41, 5.74) is 15.7. The molecule has 4 aromatic rings. The number of para-hydroxylation sites is 2. The van der Waals surface area contributed by atoms with E-state index in [-0.39, 0.29) is 35.2 Å². The van der Waals surface area contributed by atoms with Gasteiger partial charge in [-0.25, -0.2) is 14.8 Å². The summed E-state index contributed by atoms with van der Waals surface area (Å²) < 4.78 is 11.1. The van der Waals surface area contributed by atoms with Crippen LogP contribution in [0.2, 0.25) is 0 Å². The lowest BCUT2D eigenvalue weighted by atomic mass is 9.81. The molecule has 1 aliphatic heterocycles. The molecule has 1 aromatic heterocycles. The number of nitro groups is 1. The van der Waals surface area contributed by atoms with Gasteiger partial charge in [0.2, 0.25) is 5.88 Å². The van der Waals surface area contributed by atoms with E-state index in [1.54, 1.807) is 19.1 Å². The van der Waals surface area contributed by atoms with Gasteiger partial charge in [-0.1, -0.05) is 24.3 Å². The number of hydrogen-bond acceptors (Lipinski definition) is 9. The highest BCUT2D eigenvalue weighted by molar-refractivity contribution is 5.98. The number of hydrogen-bond donors (Lipinski definition) is 2. The van der Waals surface area contributed by atoms with E-state index in [1.807, 2.05) is 24.3 Å². The third kappa shape index (κ3) is 3.32. The van der Waals surface area contributed by atoms with E-state index in [1.165, 1.54) is 18.2 Å². The van der Waals surface area contributed by atoms with Crippen LogP contribution in [-0.2, 0) is 9.53 Å². The minimum Gasteiger partial charge on any atom is -0.462 e. The average Bonchev–Trinajstić information content (AvgIpc) is 2.82. The number of nitrogens with zero attached hydrogens (tertiary/aromatic N) is 3. The van der Waals surface area contributed by atoms with E-state index >= 15 is 0 Å². The van der Waals surface area contributed by atoms with Crippen LogP contribution in [0.4, 0.5) is 11.4 Å². The Morgan fingerprint density at radius 2 is 1.82 bits per heavy atom. The molecule has 1 aliphatic rings. The molecule has 3 aromatic carbocycles. The zero-order chi connectivity index (χ0) is 24.0. The quantitative estimate of drug-likeness (QED) is 0.154. The van der Waals surface area contributed by atoms with Crippen molar-refractivity contribution in [2.24, 2.45) is 5.73 Å². The Morgan fingerprint density at radius 1 is 1.09 bits per heavy atom. The van der Waals surface area contributed by atoms with Crippen molar-refractivity contribution in [2.45, 2.75) is 12.8 Å². The molecule has 170 valence electrons. The second-order valence-corrected chi connectivity index (χ2v) is 7.67. The third-order valence-corrected chi connectivity index (χ3v) is 5.62. The Bertz CT molecular complexity index is 1530. The van der Waals surface area contributed by atoms with Crippen LogP contribution in [0.1, 0.15) is 24.0 Å². The lowest BCUT2D eigenvalue weighted by Crippen LogP contribution is -2.28. The van der Waals surface area contributed by atoms with Crippen LogP contribution in [-0.4, -0.2) is 27.5 Å². The third-order valence-electron chi connectivity index (χ3n) is 5.62. The summed E-state index contributed by atoms with van der Waals surface area (Å²) in [4.78, 5) is 33.5. The van der Waals surface area contributed by atoms with Gasteiger partial charge < -0.3 is 20.9 Å². The Labute approximate surface area is 193 Å². The van der Waals surface area contributed by atoms with Crippen LogP contribution in [0.5, 0.6) is 5.75 Å². The first-order valence-corrected chi connectivity index (χ1v) is 10.5. The zero-order valence-corrected chi connectivity index (χ0v) is 18.0. The first-order valence-electron chi connectivity index (χ1n) is 10.5. The molecule has 1 unspecified atom stereocenters. The van der Waals surface area contributed by atoms with Gasteiger partial charge in [0.25, 0.3) is 5.69 Å². The van der Waals surface area contributed by atoms with Gasteiger partial charge in [0.15, 0.2) is 5.75 Å². The van der Waals surface area contributed by atoms with E-state index in [9.17, 15) is 14.9 Å². The van der Waals surface area contributed by atoms with Crippen LogP contribution in [0.3, 0.4) is 0 Å². The molecule has 4 N–H and O–H groups in total. The van der Waals surface area contributed by atoms with Crippen LogP contribution in [0, 0.1) is 10.1 Å². The summed E-state index contributed by atoms with van der Waals surface area (Å²) in [6, 6.07) is 14.9. The van der Waals surface area contributed by atoms with Gasteiger partial charge in [0.1, 0.15) is 5.57 Å². The minimum absolute atomic E-state index is 0.0108. The molecular formula is C24H19N5O5. The molecule has 2 heterocycles. The number of benzene rings is 3. The van der Waals surface area contributed by atoms with Crippen LogP contribution < -0.4 is 16.2 Å². The molecule has 1 atom stereocenters. The van der Waals surface area contributed by atoms with Gasteiger partial charge in [-0.2, -0.15) is 0 Å². The summed E-state index contributed by atoms with van der Waals surface area (Å²) in [5.74, 6) is -1.56. The molecular weight excluding hydrogens is 438 g/mol. The fraction of sp³-hybridized carbons (Fsp3) is 0.125. The Kier molecular flexibility index (Phi) is 4.97. The standard InChI is InChI=1S/C24H19N5O5/c1-2-33-24(30)20-18(12-6-5-7-13(10-12)29(31)32)19-21-17(11-14(25)22(19)34-23(20)26)27-15-8-3-4-9-16(15)28-21/h3-11,18H,2,25-26H2,1H3. The number of anilines is 1. The molecule has 5 rings (SSSR count). The predicted molar refractivity (Wildman–Crippen MR) is 125 cm³/mol. The second kappa shape index (κ2) is 8.00. The number of nitrogens with two attached hydrogens (primary N) is 2. The Hall–Kier alpha value is -4.73. The molecule has 0 saturated heterocycles. The second-order valence-electron chi connectivity index (χ2n) is 7.67. The first kappa shape index (κ1) is 21.1. The molecule has 0 bridgehead atoms. The molecule has 0 fully saturated rings. The van der Waals surface area contributed by atoms with Gasteiger partial charge in [-0.05, 0) is 30.7 Å². The molecule has 0 saturated carbocycles. The van der Waals surface area contributed by atoms with Crippen molar-refractivity contribution >= 4 is 39.4 Å². The molecule has 10 nitrogen and oxygen atoms in total. The highest BCUT2D eigenvalue weighted by Crippen LogP contribution is 2.48. The number of non-ortho nitro benzene ring substituents is 1. The molecule has 0 aliphatic carbocycles. The van der Waals surface area contributed by atoms with Crippen molar-refractivity contribution in [3.8, 4) is 5.75 Å². The van der Waals surface area contributed by atoms with Gasteiger partial charge in [0.05, 0.1) is 45.2 Å². The monoisotopic (exact) mass is 457 g/mol. The van der Waals surface area contributed by atoms with E-state index in [0.29, 0.717) is 33.2 Å². The zero-order valence-electron chi connectivity index (χ0n) is 18.0. The highest BCUT2D eigenvalue weighted by atomic mass is 16.6. The Balaban J connectivity index is 1.87.